The van der Waals surface area contributed by atoms with Gasteiger partial charge in [0.25, 0.3) is 5.91 Å². The van der Waals surface area contributed by atoms with Crippen molar-refractivity contribution < 1.29 is 9.21 Å². The normalized spacial score (nSPS) is 10.7. The zero-order chi connectivity index (χ0) is 20.2. The Morgan fingerprint density at radius 2 is 1.90 bits per heavy atom. The van der Waals surface area contributed by atoms with Crippen LogP contribution in [0.15, 0.2) is 77.4 Å². The summed E-state index contributed by atoms with van der Waals surface area (Å²) in [6.45, 7) is 0.516. The third kappa shape index (κ3) is 4.03. The number of aromatic nitrogens is 3. The van der Waals surface area contributed by atoms with Gasteiger partial charge in [-0.05, 0) is 35.9 Å². The van der Waals surface area contributed by atoms with E-state index >= 15 is 0 Å². The highest BCUT2D eigenvalue weighted by molar-refractivity contribution is 5.97. The fraction of sp³-hybridized carbons (Fsp3) is 0.136. The number of nitrogens with zero attached hydrogens (tertiary/aromatic N) is 4. The second-order valence-corrected chi connectivity index (χ2v) is 6.74. The average molecular weight is 387 g/mol. The van der Waals surface area contributed by atoms with Crippen LogP contribution in [-0.2, 0) is 6.54 Å². The Morgan fingerprint density at radius 1 is 1.07 bits per heavy atom. The second-order valence-electron chi connectivity index (χ2n) is 6.74. The van der Waals surface area contributed by atoms with Gasteiger partial charge in [-0.3, -0.25) is 4.79 Å². The summed E-state index contributed by atoms with van der Waals surface area (Å²) in [6.07, 6.45) is 1.55. The van der Waals surface area contributed by atoms with Gasteiger partial charge in [0.05, 0.1) is 6.26 Å². The molecule has 0 aliphatic heterocycles. The fourth-order valence-corrected chi connectivity index (χ4v) is 2.89. The first-order chi connectivity index (χ1) is 14.1. The van der Waals surface area contributed by atoms with Crippen LogP contribution in [0.1, 0.15) is 15.9 Å². The molecular weight excluding hydrogens is 366 g/mol. The van der Waals surface area contributed by atoms with Crippen molar-refractivity contribution in [1.82, 2.24) is 14.8 Å². The largest absolute Gasteiger partial charge is 0.461 e. The molecule has 2 aromatic carbocycles. The summed E-state index contributed by atoms with van der Waals surface area (Å²) in [7, 11) is 3.86. The second kappa shape index (κ2) is 8.02. The zero-order valence-electron chi connectivity index (χ0n) is 16.2. The van der Waals surface area contributed by atoms with E-state index in [0.29, 0.717) is 29.6 Å². The highest BCUT2D eigenvalue weighted by atomic mass is 16.3. The molecule has 7 heteroatoms. The van der Waals surface area contributed by atoms with Crippen molar-refractivity contribution in [3.05, 3.63) is 84.1 Å². The molecular formula is C22H21N5O2. The lowest BCUT2D eigenvalue weighted by atomic mass is 10.2. The van der Waals surface area contributed by atoms with E-state index in [9.17, 15) is 4.79 Å². The average Bonchev–Trinajstić information content (AvgIpc) is 3.42. The van der Waals surface area contributed by atoms with Crippen LogP contribution in [0, 0.1) is 0 Å². The summed E-state index contributed by atoms with van der Waals surface area (Å²) in [5.41, 5.74) is 2.53. The van der Waals surface area contributed by atoms with Crippen LogP contribution in [0.3, 0.4) is 0 Å². The SMILES string of the molecule is CN(C)c1cccc(C(=O)n2nc(-c3ccco3)nc2NCc2ccccc2)c1. The van der Waals surface area contributed by atoms with Crippen LogP contribution in [0.2, 0.25) is 0 Å². The first-order valence-electron chi connectivity index (χ1n) is 9.22. The topological polar surface area (TPSA) is 76.2 Å². The molecule has 0 radical (unpaired) electrons. The van der Waals surface area contributed by atoms with Gasteiger partial charge >= 0.3 is 0 Å². The Balaban J connectivity index is 1.68. The summed E-state index contributed by atoms with van der Waals surface area (Å²) in [5.74, 6) is 0.944. The van der Waals surface area contributed by atoms with Crippen LogP contribution in [0.5, 0.6) is 0 Å². The maximum absolute atomic E-state index is 13.2. The molecule has 0 saturated carbocycles. The van der Waals surface area contributed by atoms with Crippen molar-refractivity contribution in [2.45, 2.75) is 6.54 Å². The number of furan rings is 1. The molecule has 4 aromatic rings. The van der Waals surface area contributed by atoms with Crippen LogP contribution in [-0.4, -0.2) is 34.8 Å². The van der Waals surface area contributed by atoms with Gasteiger partial charge in [0.2, 0.25) is 11.8 Å². The van der Waals surface area contributed by atoms with E-state index in [4.69, 9.17) is 4.42 Å². The number of benzene rings is 2. The van der Waals surface area contributed by atoms with Gasteiger partial charge in [-0.1, -0.05) is 36.4 Å². The lowest BCUT2D eigenvalue weighted by Gasteiger charge is -2.13. The number of carbonyl (C=O) groups is 1. The molecule has 0 amide bonds. The molecule has 2 heterocycles. The van der Waals surface area contributed by atoms with Crippen molar-refractivity contribution >= 4 is 17.5 Å². The van der Waals surface area contributed by atoms with Crippen molar-refractivity contribution in [1.29, 1.82) is 0 Å². The maximum atomic E-state index is 13.2. The predicted molar refractivity (Wildman–Crippen MR) is 112 cm³/mol. The van der Waals surface area contributed by atoms with Crippen molar-refractivity contribution in [3.8, 4) is 11.6 Å². The minimum atomic E-state index is -0.269. The highest BCUT2D eigenvalue weighted by Crippen LogP contribution is 2.21. The van der Waals surface area contributed by atoms with E-state index < -0.39 is 0 Å². The lowest BCUT2D eigenvalue weighted by Crippen LogP contribution is -2.18. The van der Waals surface area contributed by atoms with Gasteiger partial charge in [0.1, 0.15) is 0 Å². The summed E-state index contributed by atoms with van der Waals surface area (Å²) in [6, 6.07) is 20.8. The van der Waals surface area contributed by atoms with E-state index in [1.165, 1.54) is 4.68 Å². The van der Waals surface area contributed by atoms with Crippen molar-refractivity contribution in [3.63, 3.8) is 0 Å². The third-order valence-electron chi connectivity index (χ3n) is 4.44. The van der Waals surface area contributed by atoms with E-state index in [0.717, 1.165) is 11.3 Å². The summed E-state index contributed by atoms with van der Waals surface area (Å²) >= 11 is 0. The molecule has 0 bridgehead atoms. The fourth-order valence-electron chi connectivity index (χ4n) is 2.89. The van der Waals surface area contributed by atoms with E-state index in [1.54, 1.807) is 24.5 Å². The molecule has 146 valence electrons. The smallest absolute Gasteiger partial charge is 0.281 e. The molecule has 0 aliphatic rings. The Morgan fingerprint density at radius 3 is 2.62 bits per heavy atom. The molecule has 7 nitrogen and oxygen atoms in total. The summed E-state index contributed by atoms with van der Waals surface area (Å²) in [5, 5.41) is 7.62. The highest BCUT2D eigenvalue weighted by Gasteiger charge is 2.20. The van der Waals surface area contributed by atoms with Crippen molar-refractivity contribution in [2.24, 2.45) is 0 Å². The third-order valence-corrected chi connectivity index (χ3v) is 4.44. The molecule has 1 N–H and O–H groups in total. The first-order valence-corrected chi connectivity index (χ1v) is 9.22. The molecule has 29 heavy (non-hydrogen) atoms. The van der Waals surface area contributed by atoms with Crippen LogP contribution < -0.4 is 10.2 Å². The van der Waals surface area contributed by atoms with E-state index in [1.807, 2.05) is 67.5 Å². The van der Waals surface area contributed by atoms with E-state index in [2.05, 4.69) is 15.4 Å². The van der Waals surface area contributed by atoms with Gasteiger partial charge in [0, 0.05) is 31.9 Å². The Kier molecular flexibility index (Phi) is 5.11. The number of hydrogen-bond acceptors (Lipinski definition) is 6. The van der Waals surface area contributed by atoms with Gasteiger partial charge in [-0.2, -0.15) is 9.67 Å². The quantitative estimate of drug-likeness (QED) is 0.541. The molecule has 0 saturated heterocycles. The monoisotopic (exact) mass is 387 g/mol. The molecule has 0 atom stereocenters. The zero-order valence-corrected chi connectivity index (χ0v) is 16.2. The predicted octanol–water partition coefficient (Wildman–Crippen LogP) is 3.90. The minimum Gasteiger partial charge on any atom is -0.461 e. The molecule has 0 unspecified atom stereocenters. The summed E-state index contributed by atoms with van der Waals surface area (Å²) < 4.78 is 6.69. The standard InChI is InChI=1S/C22H21N5O2/c1-26(2)18-11-6-10-17(14-18)21(28)27-22(23-15-16-8-4-3-5-9-16)24-20(25-27)19-12-7-13-29-19/h3-14H,15H2,1-2H3,(H,23,24,25). The van der Waals surface area contributed by atoms with Gasteiger partial charge < -0.3 is 14.6 Å². The Bertz CT molecular complexity index is 1100. The number of nitrogens with one attached hydrogen (secondary N) is 1. The molecule has 0 fully saturated rings. The summed E-state index contributed by atoms with van der Waals surface area (Å²) in [4.78, 5) is 19.6. The number of rotatable bonds is 6. The van der Waals surface area contributed by atoms with Crippen LogP contribution in [0.25, 0.3) is 11.6 Å². The number of hydrogen-bond donors (Lipinski definition) is 1. The van der Waals surface area contributed by atoms with Crippen molar-refractivity contribution in [2.75, 3.05) is 24.3 Å². The molecule has 4 rings (SSSR count). The Hall–Kier alpha value is -3.87. The lowest BCUT2D eigenvalue weighted by molar-refractivity contribution is 0.0947. The molecule has 0 aliphatic carbocycles. The molecule has 0 spiro atoms. The molecule has 2 aromatic heterocycles. The Labute approximate surface area is 168 Å². The number of anilines is 2. The van der Waals surface area contributed by atoms with Gasteiger partial charge in [0.15, 0.2) is 5.76 Å². The van der Waals surface area contributed by atoms with Gasteiger partial charge in [-0.25, -0.2) is 0 Å². The van der Waals surface area contributed by atoms with Gasteiger partial charge in [-0.15, -0.1) is 5.10 Å². The maximum Gasteiger partial charge on any atom is 0.281 e. The number of carbonyl (C=O) groups excluding carboxylic acids is 1. The van der Waals surface area contributed by atoms with E-state index in [-0.39, 0.29) is 5.91 Å². The first kappa shape index (κ1) is 18.5. The van der Waals surface area contributed by atoms with Crippen LogP contribution in [0.4, 0.5) is 11.6 Å². The van der Waals surface area contributed by atoms with Crippen LogP contribution >= 0.6 is 0 Å². The minimum absolute atomic E-state index is 0.269.